The first-order valence-electron chi connectivity index (χ1n) is 4.46. The molecule has 1 heterocycles. The summed E-state index contributed by atoms with van der Waals surface area (Å²) >= 11 is 3.46. The van der Waals surface area contributed by atoms with Gasteiger partial charge in [-0.05, 0) is 51.0 Å². The van der Waals surface area contributed by atoms with Gasteiger partial charge in [0.15, 0.2) is 5.82 Å². The number of nitrogens with two attached hydrogens (primary N) is 1. The van der Waals surface area contributed by atoms with E-state index in [1.165, 1.54) is 0 Å². The Morgan fingerprint density at radius 1 is 1.47 bits per heavy atom. The molecule has 0 saturated heterocycles. The summed E-state index contributed by atoms with van der Waals surface area (Å²) in [4.78, 5) is 0. The van der Waals surface area contributed by atoms with Gasteiger partial charge in [-0.1, -0.05) is 6.07 Å². The van der Waals surface area contributed by atoms with Crippen LogP contribution in [-0.4, -0.2) is 20.2 Å². The van der Waals surface area contributed by atoms with Crippen LogP contribution in [0.25, 0.3) is 5.69 Å². The van der Waals surface area contributed by atoms with Crippen LogP contribution in [0.5, 0.6) is 0 Å². The Kier molecular flexibility index (Phi) is 2.79. The zero-order valence-electron chi connectivity index (χ0n) is 8.18. The highest BCUT2D eigenvalue weighted by molar-refractivity contribution is 9.10. The maximum atomic E-state index is 5.54. The molecule has 5 nitrogen and oxygen atoms in total. The van der Waals surface area contributed by atoms with Gasteiger partial charge in [0.1, 0.15) is 0 Å². The quantitative estimate of drug-likeness (QED) is 0.888. The van der Waals surface area contributed by atoms with Gasteiger partial charge in [0.05, 0.1) is 12.2 Å². The molecular formula is C9H10BrN5. The summed E-state index contributed by atoms with van der Waals surface area (Å²) in [6.07, 6.45) is 0. The predicted molar refractivity (Wildman–Crippen MR) is 59.5 cm³/mol. The zero-order chi connectivity index (χ0) is 10.8. The van der Waals surface area contributed by atoms with Gasteiger partial charge < -0.3 is 5.73 Å². The van der Waals surface area contributed by atoms with Crippen molar-refractivity contribution in [2.45, 2.75) is 13.5 Å². The molecule has 0 unspecified atom stereocenters. The van der Waals surface area contributed by atoms with E-state index in [-0.39, 0.29) is 0 Å². The number of aryl methyl sites for hydroxylation is 1. The zero-order valence-corrected chi connectivity index (χ0v) is 9.77. The van der Waals surface area contributed by atoms with Crippen molar-refractivity contribution in [2.24, 2.45) is 5.73 Å². The largest absolute Gasteiger partial charge is 0.324 e. The first-order valence-corrected chi connectivity index (χ1v) is 5.25. The number of hydrogen-bond acceptors (Lipinski definition) is 4. The summed E-state index contributed by atoms with van der Waals surface area (Å²) in [6.45, 7) is 2.33. The van der Waals surface area contributed by atoms with Gasteiger partial charge >= 0.3 is 0 Å². The highest BCUT2D eigenvalue weighted by Crippen LogP contribution is 2.21. The predicted octanol–water partition coefficient (Wildman–Crippen LogP) is 1.19. The molecule has 78 valence electrons. The third-order valence-electron chi connectivity index (χ3n) is 2.05. The molecule has 1 aromatic carbocycles. The fourth-order valence-electron chi connectivity index (χ4n) is 1.31. The minimum atomic E-state index is 0.313. The first-order chi connectivity index (χ1) is 7.22. The fraction of sp³-hybridized carbons (Fsp3) is 0.222. The van der Waals surface area contributed by atoms with Crippen molar-refractivity contribution in [3.8, 4) is 5.69 Å². The summed E-state index contributed by atoms with van der Waals surface area (Å²) in [7, 11) is 0. The van der Waals surface area contributed by atoms with Crippen LogP contribution in [0.15, 0.2) is 22.7 Å². The van der Waals surface area contributed by atoms with Gasteiger partial charge in [-0.3, -0.25) is 0 Å². The van der Waals surface area contributed by atoms with E-state index in [4.69, 9.17) is 5.73 Å². The van der Waals surface area contributed by atoms with Gasteiger partial charge in [0, 0.05) is 4.47 Å². The lowest BCUT2D eigenvalue weighted by Gasteiger charge is -2.06. The second-order valence-electron chi connectivity index (χ2n) is 3.17. The molecule has 0 amide bonds. The molecule has 0 radical (unpaired) electrons. The normalized spacial score (nSPS) is 10.6. The average molecular weight is 268 g/mol. The van der Waals surface area contributed by atoms with Crippen LogP contribution < -0.4 is 5.73 Å². The third kappa shape index (κ3) is 1.91. The summed E-state index contributed by atoms with van der Waals surface area (Å²) in [5.74, 6) is 0.640. The summed E-state index contributed by atoms with van der Waals surface area (Å²) < 4.78 is 2.58. The van der Waals surface area contributed by atoms with Crippen LogP contribution in [0.2, 0.25) is 0 Å². The third-order valence-corrected chi connectivity index (χ3v) is 2.72. The number of rotatable bonds is 2. The van der Waals surface area contributed by atoms with E-state index in [9.17, 15) is 0 Å². The molecular weight excluding hydrogens is 258 g/mol. The summed E-state index contributed by atoms with van der Waals surface area (Å²) in [5.41, 5.74) is 7.59. The van der Waals surface area contributed by atoms with E-state index < -0.39 is 0 Å². The van der Waals surface area contributed by atoms with Crippen LogP contribution in [0.4, 0.5) is 0 Å². The lowest BCUT2D eigenvalue weighted by Crippen LogP contribution is -2.08. The number of aromatic nitrogens is 4. The van der Waals surface area contributed by atoms with E-state index in [1.54, 1.807) is 4.68 Å². The molecule has 0 bridgehead atoms. The van der Waals surface area contributed by atoms with E-state index in [0.717, 1.165) is 15.7 Å². The van der Waals surface area contributed by atoms with Gasteiger partial charge in [-0.15, -0.1) is 5.10 Å². The minimum Gasteiger partial charge on any atom is -0.324 e. The number of hydrogen-bond donors (Lipinski definition) is 1. The Labute approximate surface area is 95.4 Å². The fourth-order valence-corrected chi connectivity index (χ4v) is 1.72. The van der Waals surface area contributed by atoms with Crippen LogP contribution in [0.1, 0.15) is 11.4 Å². The number of halogens is 1. The van der Waals surface area contributed by atoms with E-state index >= 15 is 0 Å². The average Bonchev–Trinajstić information content (AvgIpc) is 2.69. The Morgan fingerprint density at radius 2 is 2.27 bits per heavy atom. The molecule has 1 aromatic heterocycles. The van der Waals surface area contributed by atoms with Gasteiger partial charge in [-0.2, -0.15) is 4.68 Å². The minimum absolute atomic E-state index is 0.313. The molecule has 0 saturated carbocycles. The van der Waals surface area contributed by atoms with Crippen molar-refractivity contribution in [1.29, 1.82) is 0 Å². The van der Waals surface area contributed by atoms with Crippen LogP contribution in [0, 0.1) is 6.92 Å². The number of nitrogens with zero attached hydrogens (tertiary/aromatic N) is 4. The first kappa shape index (κ1) is 10.3. The molecule has 15 heavy (non-hydrogen) atoms. The molecule has 0 aliphatic heterocycles. The van der Waals surface area contributed by atoms with Crippen molar-refractivity contribution in [3.63, 3.8) is 0 Å². The lowest BCUT2D eigenvalue weighted by atomic mass is 10.2. The van der Waals surface area contributed by atoms with Crippen molar-refractivity contribution in [1.82, 2.24) is 20.2 Å². The van der Waals surface area contributed by atoms with Gasteiger partial charge in [-0.25, -0.2) is 0 Å². The smallest absolute Gasteiger partial charge is 0.170 e. The van der Waals surface area contributed by atoms with Crippen molar-refractivity contribution in [3.05, 3.63) is 34.1 Å². The van der Waals surface area contributed by atoms with Crippen molar-refractivity contribution >= 4 is 15.9 Å². The topological polar surface area (TPSA) is 69.6 Å². The molecule has 2 aromatic rings. The molecule has 2 rings (SSSR count). The molecule has 0 atom stereocenters. The SMILES string of the molecule is Cc1ccc(Br)c(-n2nnnc2CN)c1. The second kappa shape index (κ2) is 4.08. The van der Waals surface area contributed by atoms with Gasteiger partial charge in [0.25, 0.3) is 0 Å². The van der Waals surface area contributed by atoms with Crippen molar-refractivity contribution < 1.29 is 0 Å². The van der Waals surface area contributed by atoms with E-state index in [0.29, 0.717) is 12.4 Å². The molecule has 6 heteroatoms. The lowest BCUT2D eigenvalue weighted by molar-refractivity contribution is 0.758. The van der Waals surface area contributed by atoms with E-state index in [2.05, 4.69) is 31.5 Å². The standard InChI is InChI=1S/C9H10BrN5/c1-6-2-3-7(10)8(4-6)15-9(5-11)12-13-14-15/h2-4H,5,11H2,1H3. The van der Waals surface area contributed by atoms with Crippen molar-refractivity contribution in [2.75, 3.05) is 0 Å². The Hall–Kier alpha value is -1.27. The van der Waals surface area contributed by atoms with Crippen LogP contribution in [0.3, 0.4) is 0 Å². The molecule has 0 fully saturated rings. The maximum Gasteiger partial charge on any atom is 0.170 e. The Bertz CT molecular complexity index is 479. The highest BCUT2D eigenvalue weighted by atomic mass is 79.9. The Balaban J connectivity index is 2.58. The summed E-state index contributed by atoms with van der Waals surface area (Å²) in [5, 5.41) is 11.3. The number of benzene rings is 1. The Morgan fingerprint density at radius 3 is 3.00 bits per heavy atom. The molecule has 0 aliphatic rings. The molecule has 0 spiro atoms. The number of tetrazole rings is 1. The van der Waals surface area contributed by atoms with E-state index in [1.807, 2.05) is 25.1 Å². The van der Waals surface area contributed by atoms with Crippen LogP contribution in [-0.2, 0) is 6.54 Å². The maximum absolute atomic E-state index is 5.54. The molecule has 2 N–H and O–H groups in total. The molecule has 0 aliphatic carbocycles. The summed E-state index contributed by atoms with van der Waals surface area (Å²) in [6, 6.07) is 5.98. The monoisotopic (exact) mass is 267 g/mol. The van der Waals surface area contributed by atoms with Gasteiger partial charge in [0.2, 0.25) is 0 Å². The second-order valence-corrected chi connectivity index (χ2v) is 4.02. The van der Waals surface area contributed by atoms with Crippen LogP contribution >= 0.6 is 15.9 Å². The highest BCUT2D eigenvalue weighted by Gasteiger charge is 2.09.